The molecule has 0 bridgehead atoms. The van der Waals surface area contributed by atoms with Gasteiger partial charge in [0, 0.05) is 16.6 Å². The number of hydrogen-bond acceptors (Lipinski definition) is 4. The SMILES string of the molecule is CC(OC(=O)c1[nH]c2ccccc2c1Br)C(=O)NC(=O)Nc1ccccc1. The predicted octanol–water partition coefficient (Wildman–Crippen LogP) is 3.82. The molecule has 0 spiro atoms. The third-order valence-corrected chi connectivity index (χ3v) is 4.59. The summed E-state index contributed by atoms with van der Waals surface area (Å²) in [5.74, 6) is -1.44. The van der Waals surface area contributed by atoms with Gasteiger partial charge in [0.15, 0.2) is 6.10 Å². The molecule has 27 heavy (non-hydrogen) atoms. The molecule has 7 nitrogen and oxygen atoms in total. The number of aromatic nitrogens is 1. The van der Waals surface area contributed by atoms with Crippen molar-refractivity contribution in [1.82, 2.24) is 10.3 Å². The van der Waals surface area contributed by atoms with Gasteiger partial charge in [-0.1, -0.05) is 36.4 Å². The number of esters is 1. The van der Waals surface area contributed by atoms with Crippen LogP contribution in [0.2, 0.25) is 0 Å². The number of anilines is 1. The van der Waals surface area contributed by atoms with E-state index in [1.165, 1.54) is 6.92 Å². The van der Waals surface area contributed by atoms with E-state index in [4.69, 9.17) is 4.74 Å². The lowest BCUT2D eigenvalue weighted by atomic mass is 10.2. The first-order valence-corrected chi connectivity index (χ1v) is 8.89. The van der Waals surface area contributed by atoms with Crippen LogP contribution in [-0.4, -0.2) is 29.0 Å². The van der Waals surface area contributed by atoms with E-state index < -0.39 is 24.0 Å². The van der Waals surface area contributed by atoms with Crippen molar-refractivity contribution >= 4 is 50.4 Å². The third kappa shape index (κ3) is 4.35. The number of para-hydroxylation sites is 2. The van der Waals surface area contributed by atoms with Gasteiger partial charge in [0.2, 0.25) is 0 Å². The maximum absolute atomic E-state index is 12.4. The minimum absolute atomic E-state index is 0.199. The molecule has 0 saturated carbocycles. The molecule has 3 amide bonds. The number of halogens is 1. The van der Waals surface area contributed by atoms with Gasteiger partial charge in [0.25, 0.3) is 5.91 Å². The zero-order chi connectivity index (χ0) is 19.4. The van der Waals surface area contributed by atoms with Crippen LogP contribution in [0.3, 0.4) is 0 Å². The zero-order valence-electron chi connectivity index (χ0n) is 14.3. The molecule has 1 atom stereocenters. The van der Waals surface area contributed by atoms with Gasteiger partial charge >= 0.3 is 12.0 Å². The Hall–Kier alpha value is -3.13. The van der Waals surface area contributed by atoms with Gasteiger partial charge in [-0.15, -0.1) is 0 Å². The van der Waals surface area contributed by atoms with Crippen molar-refractivity contribution in [2.24, 2.45) is 0 Å². The molecule has 3 N–H and O–H groups in total. The molecule has 0 radical (unpaired) electrons. The largest absolute Gasteiger partial charge is 0.448 e. The number of ether oxygens (including phenoxy) is 1. The van der Waals surface area contributed by atoms with E-state index in [1.807, 2.05) is 24.3 Å². The molecule has 138 valence electrons. The van der Waals surface area contributed by atoms with Gasteiger partial charge in [0.1, 0.15) is 5.69 Å². The van der Waals surface area contributed by atoms with Gasteiger partial charge in [-0.05, 0) is 41.1 Å². The number of nitrogens with one attached hydrogen (secondary N) is 3. The maximum atomic E-state index is 12.4. The normalized spacial score (nSPS) is 11.6. The number of carbonyl (C=O) groups excluding carboxylic acids is 3. The molecule has 3 aromatic rings. The fourth-order valence-corrected chi connectivity index (χ4v) is 3.03. The fourth-order valence-electron chi connectivity index (χ4n) is 2.42. The summed E-state index contributed by atoms with van der Waals surface area (Å²) in [6.45, 7) is 1.39. The van der Waals surface area contributed by atoms with Gasteiger partial charge in [-0.25, -0.2) is 9.59 Å². The molecule has 2 aromatic carbocycles. The quantitative estimate of drug-likeness (QED) is 0.548. The zero-order valence-corrected chi connectivity index (χ0v) is 15.9. The van der Waals surface area contributed by atoms with Gasteiger partial charge in [0.05, 0.1) is 4.47 Å². The van der Waals surface area contributed by atoms with Crippen LogP contribution in [-0.2, 0) is 9.53 Å². The monoisotopic (exact) mass is 429 g/mol. The van der Waals surface area contributed by atoms with Crippen LogP contribution < -0.4 is 10.6 Å². The Balaban J connectivity index is 1.61. The first-order valence-electron chi connectivity index (χ1n) is 8.10. The van der Waals surface area contributed by atoms with Crippen molar-refractivity contribution in [3.05, 3.63) is 64.8 Å². The molecule has 8 heteroatoms. The molecule has 0 aliphatic rings. The van der Waals surface area contributed by atoms with Gasteiger partial charge in [-0.3, -0.25) is 10.1 Å². The predicted molar refractivity (Wildman–Crippen MR) is 104 cm³/mol. The lowest BCUT2D eigenvalue weighted by Crippen LogP contribution is -2.41. The molecular formula is C19H16BrN3O4. The van der Waals surface area contributed by atoms with E-state index in [1.54, 1.807) is 30.3 Å². The molecule has 1 heterocycles. The van der Waals surface area contributed by atoms with Crippen LogP contribution in [0.1, 0.15) is 17.4 Å². The van der Waals surface area contributed by atoms with E-state index in [0.717, 1.165) is 10.9 Å². The van der Waals surface area contributed by atoms with E-state index >= 15 is 0 Å². The van der Waals surface area contributed by atoms with Crippen molar-refractivity contribution in [3.8, 4) is 0 Å². The van der Waals surface area contributed by atoms with E-state index in [2.05, 4.69) is 31.5 Å². The number of imide groups is 1. The van der Waals surface area contributed by atoms with Crippen molar-refractivity contribution in [3.63, 3.8) is 0 Å². The number of rotatable bonds is 4. The average Bonchev–Trinajstić information content (AvgIpc) is 2.99. The molecule has 1 aromatic heterocycles. The lowest BCUT2D eigenvalue weighted by Gasteiger charge is -2.13. The summed E-state index contributed by atoms with van der Waals surface area (Å²) in [6, 6.07) is 15.3. The summed E-state index contributed by atoms with van der Waals surface area (Å²) in [7, 11) is 0. The maximum Gasteiger partial charge on any atom is 0.356 e. The van der Waals surface area contributed by atoms with Gasteiger partial charge in [-0.2, -0.15) is 0 Å². The number of fused-ring (bicyclic) bond motifs is 1. The molecule has 0 saturated heterocycles. The number of aromatic amines is 1. The summed E-state index contributed by atoms with van der Waals surface area (Å²) in [6.07, 6.45) is -1.16. The van der Waals surface area contributed by atoms with Crippen molar-refractivity contribution in [1.29, 1.82) is 0 Å². The minimum Gasteiger partial charge on any atom is -0.448 e. The number of hydrogen-bond donors (Lipinski definition) is 3. The van der Waals surface area contributed by atoms with Crippen LogP contribution >= 0.6 is 15.9 Å². The molecule has 1 unspecified atom stereocenters. The summed E-state index contributed by atoms with van der Waals surface area (Å²) < 4.78 is 5.72. The Morgan fingerprint density at radius 1 is 1.04 bits per heavy atom. The van der Waals surface area contributed by atoms with E-state index in [0.29, 0.717) is 10.2 Å². The van der Waals surface area contributed by atoms with E-state index in [9.17, 15) is 14.4 Å². The number of amides is 3. The highest BCUT2D eigenvalue weighted by molar-refractivity contribution is 9.10. The highest BCUT2D eigenvalue weighted by Crippen LogP contribution is 2.28. The molecular weight excluding hydrogens is 414 g/mol. The first kappa shape index (κ1) is 18.7. The highest BCUT2D eigenvalue weighted by atomic mass is 79.9. The van der Waals surface area contributed by atoms with Gasteiger partial charge < -0.3 is 15.0 Å². The second-order valence-corrected chi connectivity index (χ2v) is 6.51. The Bertz CT molecular complexity index is 1000. The fraction of sp³-hybridized carbons (Fsp3) is 0.105. The topological polar surface area (TPSA) is 100 Å². The molecule has 3 rings (SSSR count). The Morgan fingerprint density at radius 3 is 2.41 bits per heavy atom. The number of H-pyrrole nitrogens is 1. The standard InChI is InChI=1S/C19H16BrN3O4/c1-11(17(24)23-19(26)21-12-7-3-2-4-8-12)27-18(25)16-15(20)13-9-5-6-10-14(13)22-16/h2-11,22H,1H3,(H2,21,23,24,26). The van der Waals surface area contributed by atoms with Crippen molar-refractivity contribution in [2.75, 3.05) is 5.32 Å². The number of benzene rings is 2. The highest BCUT2D eigenvalue weighted by Gasteiger charge is 2.24. The summed E-state index contributed by atoms with van der Waals surface area (Å²) in [5.41, 5.74) is 1.50. The molecule has 0 aliphatic heterocycles. The number of urea groups is 1. The summed E-state index contributed by atoms with van der Waals surface area (Å²) >= 11 is 3.36. The average molecular weight is 430 g/mol. The van der Waals surface area contributed by atoms with Crippen LogP contribution in [0, 0.1) is 0 Å². The molecule has 0 fully saturated rings. The van der Waals surface area contributed by atoms with E-state index in [-0.39, 0.29) is 5.69 Å². The number of carbonyl (C=O) groups is 3. The Labute approximate surface area is 163 Å². The van der Waals surface area contributed by atoms with Crippen LogP contribution in [0.5, 0.6) is 0 Å². The Kier molecular flexibility index (Phi) is 5.56. The van der Waals surface area contributed by atoms with Crippen LogP contribution in [0.4, 0.5) is 10.5 Å². The smallest absolute Gasteiger partial charge is 0.356 e. The summed E-state index contributed by atoms with van der Waals surface area (Å²) in [4.78, 5) is 39.3. The first-order chi connectivity index (χ1) is 13.0. The van der Waals surface area contributed by atoms with Crippen molar-refractivity contribution in [2.45, 2.75) is 13.0 Å². The lowest BCUT2D eigenvalue weighted by molar-refractivity contribution is -0.127. The minimum atomic E-state index is -1.16. The van der Waals surface area contributed by atoms with Crippen molar-refractivity contribution < 1.29 is 19.1 Å². The second-order valence-electron chi connectivity index (χ2n) is 5.72. The Morgan fingerprint density at radius 2 is 1.70 bits per heavy atom. The van der Waals surface area contributed by atoms with Crippen LogP contribution in [0.25, 0.3) is 10.9 Å². The second kappa shape index (κ2) is 8.05. The third-order valence-electron chi connectivity index (χ3n) is 3.77. The molecule has 0 aliphatic carbocycles. The summed E-state index contributed by atoms with van der Waals surface area (Å²) in [5, 5.41) is 5.48. The van der Waals surface area contributed by atoms with Crippen LogP contribution in [0.15, 0.2) is 59.1 Å².